The van der Waals surface area contributed by atoms with Crippen molar-refractivity contribution in [1.82, 2.24) is 20.0 Å². The Morgan fingerprint density at radius 1 is 1.14 bits per heavy atom. The summed E-state index contributed by atoms with van der Waals surface area (Å²) in [6.45, 7) is 5.80. The zero-order valence-electron chi connectivity index (χ0n) is 16.6. The predicted octanol–water partition coefficient (Wildman–Crippen LogP) is 0.550. The second-order valence-corrected chi connectivity index (χ2v) is 8.25. The minimum atomic E-state index is 0.0158. The van der Waals surface area contributed by atoms with Crippen molar-refractivity contribution in [3.8, 4) is 5.75 Å². The number of nitrogens with zero attached hydrogens (tertiary/aromatic N) is 3. The van der Waals surface area contributed by atoms with Crippen LogP contribution < -0.4 is 10.1 Å². The minimum absolute atomic E-state index is 0.0158. The fourth-order valence-electron chi connectivity index (χ4n) is 4.71. The van der Waals surface area contributed by atoms with Crippen molar-refractivity contribution in [3.63, 3.8) is 0 Å². The Kier molecular flexibility index (Phi) is 5.82. The van der Waals surface area contributed by atoms with Crippen LogP contribution in [0.4, 0.5) is 0 Å². The van der Waals surface area contributed by atoms with E-state index in [-0.39, 0.29) is 17.9 Å². The number of piperazine rings is 1. The molecule has 1 aromatic carbocycles. The number of hydrogen-bond acceptors (Lipinski definition) is 5. The molecule has 4 aliphatic rings. The molecular weight excluding hydrogens is 356 g/mol. The second-order valence-electron chi connectivity index (χ2n) is 8.25. The number of ether oxygens (including phenoxy) is 1. The number of rotatable bonds is 5. The number of piperidine rings is 1. The van der Waals surface area contributed by atoms with E-state index in [1.54, 1.807) is 7.11 Å². The summed E-state index contributed by atoms with van der Waals surface area (Å²) in [5.41, 5.74) is 1.28. The van der Waals surface area contributed by atoms with E-state index in [2.05, 4.69) is 27.2 Å². The third-order valence-electron chi connectivity index (χ3n) is 6.15. The first-order valence-corrected chi connectivity index (χ1v) is 10.2. The smallest absolute Gasteiger partial charge is 0.237 e. The number of carbonyl (C=O) groups is 2. The second kappa shape index (κ2) is 8.49. The molecule has 0 aromatic heterocycles. The molecule has 1 aromatic rings. The lowest BCUT2D eigenvalue weighted by molar-refractivity contribution is -0.137. The maximum Gasteiger partial charge on any atom is 0.237 e. The molecule has 28 heavy (non-hydrogen) atoms. The standard InChI is InChI=1S/C21H30N4O3/c1-28-19-6-3-16(4-7-19)10-24-11-17-2-5-18(13-24)25(12-17)21(27)15-23-9-8-22-20(26)14-23/h3-4,6-7,17-18H,2,5,8-15H2,1H3,(H,22,26)/t17-,18+/m0/s1. The van der Waals surface area contributed by atoms with Gasteiger partial charge in [0, 0.05) is 45.3 Å². The van der Waals surface area contributed by atoms with Crippen LogP contribution in [0.25, 0.3) is 0 Å². The topological polar surface area (TPSA) is 65.1 Å². The number of benzene rings is 1. The Labute approximate surface area is 166 Å². The SMILES string of the molecule is COc1ccc(CN2C[C@@H]3CC[C@H](C2)N(C(=O)CN2CCNC(=O)C2)C3)cc1. The van der Waals surface area contributed by atoms with Gasteiger partial charge in [-0.25, -0.2) is 0 Å². The molecule has 0 aliphatic carbocycles. The van der Waals surface area contributed by atoms with Gasteiger partial charge in [0.25, 0.3) is 0 Å². The molecule has 1 N–H and O–H groups in total. The molecule has 0 unspecified atom stereocenters. The van der Waals surface area contributed by atoms with Crippen molar-refractivity contribution in [1.29, 1.82) is 0 Å². The molecule has 2 atom stereocenters. The number of methoxy groups -OCH3 is 1. The zero-order valence-corrected chi connectivity index (χ0v) is 16.6. The summed E-state index contributed by atoms with van der Waals surface area (Å²) in [5.74, 6) is 1.60. The molecule has 2 amide bonds. The molecule has 152 valence electrons. The Balaban J connectivity index is 1.37. The first-order valence-electron chi connectivity index (χ1n) is 10.2. The first kappa shape index (κ1) is 19.2. The van der Waals surface area contributed by atoms with Crippen LogP contribution in [0.1, 0.15) is 18.4 Å². The van der Waals surface area contributed by atoms with E-state index in [1.807, 2.05) is 17.0 Å². The summed E-state index contributed by atoms with van der Waals surface area (Å²) >= 11 is 0. The summed E-state index contributed by atoms with van der Waals surface area (Å²) in [5, 5.41) is 2.82. The van der Waals surface area contributed by atoms with E-state index in [4.69, 9.17) is 4.74 Å². The fraction of sp³-hybridized carbons (Fsp3) is 0.619. The van der Waals surface area contributed by atoms with Crippen LogP contribution in [0.5, 0.6) is 5.75 Å². The highest BCUT2D eigenvalue weighted by Gasteiger charge is 2.37. The quantitative estimate of drug-likeness (QED) is 0.801. The van der Waals surface area contributed by atoms with E-state index in [9.17, 15) is 9.59 Å². The molecule has 0 saturated carbocycles. The van der Waals surface area contributed by atoms with Crippen LogP contribution in [0.15, 0.2) is 24.3 Å². The normalized spacial score (nSPS) is 26.0. The molecule has 7 nitrogen and oxygen atoms in total. The number of fused-ring (bicyclic) bond motifs is 4. The van der Waals surface area contributed by atoms with Gasteiger partial charge in [0.15, 0.2) is 0 Å². The third-order valence-corrected chi connectivity index (χ3v) is 6.15. The van der Waals surface area contributed by atoms with Crippen LogP contribution in [-0.2, 0) is 16.1 Å². The van der Waals surface area contributed by atoms with Crippen molar-refractivity contribution in [2.24, 2.45) is 5.92 Å². The molecule has 5 rings (SSSR count). The summed E-state index contributed by atoms with van der Waals surface area (Å²) < 4.78 is 5.25. The van der Waals surface area contributed by atoms with Crippen LogP contribution in [0.3, 0.4) is 0 Å². The van der Waals surface area contributed by atoms with Gasteiger partial charge in [-0.15, -0.1) is 0 Å². The molecule has 4 heterocycles. The van der Waals surface area contributed by atoms with Crippen LogP contribution in [0.2, 0.25) is 0 Å². The molecular formula is C21H30N4O3. The maximum atomic E-state index is 13.0. The van der Waals surface area contributed by atoms with Crippen LogP contribution >= 0.6 is 0 Å². The Morgan fingerprint density at radius 2 is 1.96 bits per heavy atom. The largest absolute Gasteiger partial charge is 0.497 e. The summed E-state index contributed by atoms with van der Waals surface area (Å²) in [7, 11) is 1.68. The van der Waals surface area contributed by atoms with Gasteiger partial charge >= 0.3 is 0 Å². The number of nitrogens with one attached hydrogen (secondary N) is 1. The van der Waals surface area contributed by atoms with Gasteiger partial charge < -0.3 is 15.0 Å². The van der Waals surface area contributed by atoms with Crippen molar-refractivity contribution in [2.45, 2.75) is 25.4 Å². The Bertz CT molecular complexity index is 708. The lowest BCUT2D eigenvalue weighted by atomic mass is 9.95. The molecule has 4 fully saturated rings. The number of amides is 2. The lowest BCUT2D eigenvalue weighted by Gasteiger charge is -2.38. The summed E-state index contributed by atoms with van der Waals surface area (Å²) in [6.07, 6.45) is 2.27. The fourth-order valence-corrected chi connectivity index (χ4v) is 4.71. The maximum absolute atomic E-state index is 13.0. The van der Waals surface area contributed by atoms with Gasteiger partial charge in [0.1, 0.15) is 5.75 Å². The molecule has 7 heteroatoms. The van der Waals surface area contributed by atoms with Gasteiger partial charge in [-0.05, 0) is 36.5 Å². The van der Waals surface area contributed by atoms with Crippen LogP contribution in [-0.4, -0.2) is 85.5 Å². The van der Waals surface area contributed by atoms with Crippen molar-refractivity contribution >= 4 is 11.8 Å². The van der Waals surface area contributed by atoms with E-state index < -0.39 is 0 Å². The minimum Gasteiger partial charge on any atom is -0.497 e. The average Bonchev–Trinajstić information content (AvgIpc) is 2.99. The van der Waals surface area contributed by atoms with Gasteiger partial charge in [-0.2, -0.15) is 0 Å². The Hall–Kier alpha value is -2.12. The first-order chi connectivity index (χ1) is 13.6. The van der Waals surface area contributed by atoms with Gasteiger partial charge in [0.05, 0.1) is 20.2 Å². The highest BCUT2D eigenvalue weighted by molar-refractivity contribution is 5.82. The van der Waals surface area contributed by atoms with E-state index in [0.717, 1.165) is 44.9 Å². The predicted molar refractivity (Wildman–Crippen MR) is 106 cm³/mol. The van der Waals surface area contributed by atoms with Crippen LogP contribution in [0, 0.1) is 5.92 Å². The van der Waals surface area contributed by atoms with E-state index in [1.165, 1.54) is 12.0 Å². The van der Waals surface area contributed by atoms with Crippen molar-refractivity contribution in [3.05, 3.63) is 29.8 Å². The molecule has 2 bridgehead atoms. The molecule has 0 radical (unpaired) electrons. The Morgan fingerprint density at radius 3 is 2.71 bits per heavy atom. The van der Waals surface area contributed by atoms with Crippen molar-refractivity contribution in [2.75, 3.05) is 52.9 Å². The van der Waals surface area contributed by atoms with E-state index in [0.29, 0.717) is 25.6 Å². The third kappa shape index (κ3) is 4.47. The zero-order chi connectivity index (χ0) is 19.5. The lowest BCUT2D eigenvalue weighted by Crippen LogP contribution is -2.54. The summed E-state index contributed by atoms with van der Waals surface area (Å²) in [6, 6.07) is 8.54. The molecule has 4 saturated heterocycles. The highest BCUT2D eigenvalue weighted by atomic mass is 16.5. The van der Waals surface area contributed by atoms with Gasteiger partial charge in [-0.1, -0.05) is 12.1 Å². The molecule has 4 aliphatic heterocycles. The van der Waals surface area contributed by atoms with Gasteiger partial charge in [-0.3, -0.25) is 19.4 Å². The average molecular weight is 386 g/mol. The highest BCUT2D eigenvalue weighted by Crippen LogP contribution is 2.29. The monoisotopic (exact) mass is 386 g/mol. The van der Waals surface area contributed by atoms with Gasteiger partial charge in [0.2, 0.25) is 11.8 Å². The van der Waals surface area contributed by atoms with Crippen molar-refractivity contribution < 1.29 is 14.3 Å². The molecule has 0 spiro atoms. The van der Waals surface area contributed by atoms with E-state index >= 15 is 0 Å². The summed E-state index contributed by atoms with van der Waals surface area (Å²) in [4.78, 5) is 31.1. The number of hydrogen-bond donors (Lipinski definition) is 1. The number of carbonyl (C=O) groups excluding carboxylic acids is 2.